The first-order valence-electron chi connectivity index (χ1n) is 6.23. The molecule has 0 radical (unpaired) electrons. The van der Waals surface area contributed by atoms with E-state index in [0.29, 0.717) is 5.69 Å². The van der Waals surface area contributed by atoms with Crippen LogP contribution in [-0.4, -0.2) is 34.6 Å². The number of nitrogens with zero attached hydrogens (tertiary/aromatic N) is 1. The van der Waals surface area contributed by atoms with Gasteiger partial charge in [0.25, 0.3) is 0 Å². The van der Waals surface area contributed by atoms with Crippen LogP contribution in [0.3, 0.4) is 0 Å². The molecule has 108 valence electrons. The molecule has 0 saturated carbocycles. The van der Waals surface area contributed by atoms with Crippen molar-refractivity contribution >= 4 is 23.5 Å². The molecule has 20 heavy (non-hydrogen) atoms. The van der Waals surface area contributed by atoms with Crippen LogP contribution in [0.2, 0.25) is 0 Å². The van der Waals surface area contributed by atoms with E-state index in [2.05, 4.69) is 0 Å². The highest BCUT2D eigenvalue weighted by Crippen LogP contribution is 2.18. The standard InChI is InChI=1S/C14H17NO5/c1-3-12(16)15(8-9(2)13(17)18)11-6-4-10(5-7-11)14(19)20/h4-7,9H,3,8H2,1-2H3,(H,17,18)(H,19,20). The average molecular weight is 279 g/mol. The van der Waals surface area contributed by atoms with Crippen LogP contribution in [-0.2, 0) is 9.59 Å². The maximum absolute atomic E-state index is 11.9. The van der Waals surface area contributed by atoms with Gasteiger partial charge in [0.2, 0.25) is 5.91 Å². The molecule has 0 aromatic heterocycles. The summed E-state index contributed by atoms with van der Waals surface area (Å²) in [6.45, 7) is 3.25. The van der Waals surface area contributed by atoms with Gasteiger partial charge < -0.3 is 15.1 Å². The summed E-state index contributed by atoms with van der Waals surface area (Å²) in [5, 5.41) is 17.8. The molecule has 1 aromatic carbocycles. The number of carboxylic acid groups (broad SMARTS) is 2. The number of hydrogen-bond donors (Lipinski definition) is 2. The molecule has 0 aliphatic carbocycles. The highest BCUT2D eigenvalue weighted by atomic mass is 16.4. The highest BCUT2D eigenvalue weighted by molar-refractivity contribution is 5.94. The second-order valence-corrected chi connectivity index (χ2v) is 4.45. The van der Waals surface area contributed by atoms with Crippen molar-refractivity contribution in [2.45, 2.75) is 20.3 Å². The van der Waals surface area contributed by atoms with E-state index < -0.39 is 17.9 Å². The van der Waals surface area contributed by atoms with Crippen molar-refractivity contribution in [3.05, 3.63) is 29.8 Å². The fourth-order valence-corrected chi connectivity index (χ4v) is 1.68. The smallest absolute Gasteiger partial charge is 0.335 e. The zero-order chi connectivity index (χ0) is 15.3. The predicted molar refractivity (Wildman–Crippen MR) is 72.8 cm³/mol. The fraction of sp³-hybridized carbons (Fsp3) is 0.357. The number of carbonyl (C=O) groups is 3. The SMILES string of the molecule is CCC(=O)N(CC(C)C(=O)O)c1ccc(C(=O)O)cc1. The molecule has 0 bridgehead atoms. The van der Waals surface area contributed by atoms with E-state index in [0.717, 1.165) is 0 Å². The van der Waals surface area contributed by atoms with Crippen molar-refractivity contribution in [1.29, 1.82) is 0 Å². The molecular weight excluding hydrogens is 262 g/mol. The first-order valence-corrected chi connectivity index (χ1v) is 6.23. The summed E-state index contributed by atoms with van der Waals surface area (Å²) in [5.41, 5.74) is 0.610. The zero-order valence-electron chi connectivity index (χ0n) is 11.4. The summed E-state index contributed by atoms with van der Waals surface area (Å²) in [4.78, 5) is 35.0. The number of rotatable bonds is 6. The summed E-state index contributed by atoms with van der Waals surface area (Å²) in [7, 11) is 0. The quantitative estimate of drug-likeness (QED) is 0.828. The molecule has 0 fully saturated rings. The van der Waals surface area contributed by atoms with E-state index in [9.17, 15) is 14.4 Å². The van der Waals surface area contributed by atoms with Crippen LogP contribution in [0.5, 0.6) is 0 Å². The van der Waals surface area contributed by atoms with Gasteiger partial charge in [0.1, 0.15) is 0 Å². The Hall–Kier alpha value is -2.37. The Kier molecular flexibility index (Phi) is 5.25. The number of anilines is 1. The van der Waals surface area contributed by atoms with Gasteiger partial charge >= 0.3 is 11.9 Å². The maximum atomic E-state index is 11.9. The van der Waals surface area contributed by atoms with Crippen LogP contribution in [0.4, 0.5) is 5.69 Å². The zero-order valence-corrected chi connectivity index (χ0v) is 11.4. The number of aromatic carboxylic acids is 1. The van der Waals surface area contributed by atoms with Crippen molar-refractivity contribution < 1.29 is 24.6 Å². The van der Waals surface area contributed by atoms with Crippen LogP contribution < -0.4 is 4.90 Å². The number of amides is 1. The molecule has 0 heterocycles. The first kappa shape index (κ1) is 15.7. The third-order valence-electron chi connectivity index (χ3n) is 2.91. The molecule has 1 aromatic rings. The topological polar surface area (TPSA) is 94.9 Å². The Morgan fingerprint density at radius 3 is 2.10 bits per heavy atom. The molecule has 1 unspecified atom stereocenters. The van der Waals surface area contributed by atoms with E-state index >= 15 is 0 Å². The number of carbonyl (C=O) groups excluding carboxylic acids is 1. The van der Waals surface area contributed by atoms with E-state index in [1.807, 2.05) is 0 Å². The van der Waals surface area contributed by atoms with Gasteiger partial charge in [0.05, 0.1) is 11.5 Å². The monoisotopic (exact) mass is 279 g/mol. The van der Waals surface area contributed by atoms with E-state index in [1.54, 1.807) is 6.92 Å². The third kappa shape index (κ3) is 3.81. The molecule has 1 atom stereocenters. The Bertz CT molecular complexity index is 509. The molecule has 1 rings (SSSR count). The van der Waals surface area contributed by atoms with Crippen molar-refractivity contribution in [3.8, 4) is 0 Å². The lowest BCUT2D eigenvalue weighted by Crippen LogP contribution is -2.36. The minimum absolute atomic E-state index is 0.0500. The number of aliphatic carboxylic acids is 1. The van der Waals surface area contributed by atoms with E-state index in [1.165, 1.54) is 36.1 Å². The maximum Gasteiger partial charge on any atom is 0.335 e. The number of carboxylic acids is 2. The minimum atomic E-state index is -1.05. The van der Waals surface area contributed by atoms with Gasteiger partial charge in [0, 0.05) is 18.7 Å². The van der Waals surface area contributed by atoms with Crippen LogP contribution in [0, 0.1) is 5.92 Å². The summed E-state index contributed by atoms with van der Waals surface area (Å²) in [6, 6.07) is 5.79. The van der Waals surface area contributed by atoms with Gasteiger partial charge in [-0.2, -0.15) is 0 Å². The fourth-order valence-electron chi connectivity index (χ4n) is 1.68. The molecule has 6 nitrogen and oxygen atoms in total. The van der Waals surface area contributed by atoms with Crippen molar-refractivity contribution in [1.82, 2.24) is 0 Å². The highest BCUT2D eigenvalue weighted by Gasteiger charge is 2.21. The molecular formula is C14H17NO5. The van der Waals surface area contributed by atoms with Gasteiger partial charge in [-0.1, -0.05) is 13.8 Å². The summed E-state index contributed by atoms with van der Waals surface area (Å²) in [5.74, 6) is -2.95. The summed E-state index contributed by atoms with van der Waals surface area (Å²) >= 11 is 0. The minimum Gasteiger partial charge on any atom is -0.481 e. The number of benzene rings is 1. The molecule has 1 amide bonds. The Morgan fingerprint density at radius 2 is 1.70 bits per heavy atom. The Balaban J connectivity index is 3.01. The lowest BCUT2D eigenvalue weighted by molar-refractivity contribution is -0.140. The lowest BCUT2D eigenvalue weighted by Gasteiger charge is -2.24. The van der Waals surface area contributed by atoms with Crippen molar-refractivity contribution in [2.75, 3.05) is 11.4 Å². The van der Waals surface area contributed by atoms with Crippen molar-refractivity contribution in [2.24, 2.45) is 5.92 Å². The normalized spacial score (nSPS) is 11.7. The summed E-state index contributed by atoms with van der Waals surface area (Å²) in [6.07, 6.45) is 0.243. The first-order chi connectivity index (χ1) is 9.36. The van der Waals surface area contributed by atoms with Crippen LogP contribution in [0.25, 0.3) is 0 Å². The van der Waals surface area contributed by atoms with Gasteiger partial charge in [-0.15, -0.1) is 0 Å². The van der Waals surface area contributed by atoms with Gasteiger partial charge in [-0.3, -0.25) is 9.59 Å². The molecule has 2 N–H and O–H groups in total. The van der Waals surface area contributed by atoms with Gasteiger partial charge in [-0.05, 0) is 24.3 Å². The molecule has 0 spiro atoms. The van der Waals surface area contributed by atoms with Crippen molar-refractivity contribution in [3.63, 3.8) is 0 Å². The summed E-state index contributed by atoms with van der Waals surface area (Å²) < 4.78 is 0. The van der Waals surface area contributed by atoms with E-state index in [-0.39, 0.29) is 24.4 Å². The Labute approximate surface area is 116 Å². The molecule has 6 heteroatoms. The number of hydrogen-bond acceptors (Lipinski definition) is 3. The molecule has 0 aliphatic rings. The van der Waals surface area contributed by atoms with E-state index in [4.69, 9.17) is 10.2 Å². The van der Waals surface area contributed by atoms with Crippen LogP contribution >= 0.6 is 0 Å². The van der Waals surface area contributed by atoms with Crippen LogP contribution in [0.1, 0.15) is 30.6 Å². The van der Waals surface area contributed by atoms with Gasteiger partial charge in [-0.25, -0.2) is 4.79 Å². The second kappa shape index (κ2) is 6.70. The molecule has 0 saturated heterocycles. The predicted octanol–water partition coefficient (Wildman–Crippen LogP) is 1.85. The largest absolute Gasteiger partial charge is 0.481 e. The van der Waals surface area contributed by atoms with Gasteiger partial charge in [0.15, 0.2) is 0 Å². The average Bonchev–Trinajstić information content (AvgIpc) is 2.43. The lowest BCUT2D eigenvalue weighted by atomic mass is 10.1. The van der Waals surface area contributed by atoms with Crippen LogP contribution in [0.15, 0.2) is 24.3 Å². The Morgan fingerprint density at radius 1 is 1.15 bits per heavy atom. The second-order valence-electron chi connectivity index (χ2n) is 4.45. The third-order valence-corrected chi connectivity index (χ3v) is 2.91. The molecule has 0 aliphatic heterocycles.